The Hall–Kier alpha value is -2.56. The van der Waals surface area contributed by atoms with Gasteiger partial charge in [0.05, 0.1) is 5.56 Å². The molecule has 0 bridgehead atoms. The lowest BCUT2D eigenvalue weighted by Gasteiger charge is -2.15. The van der Waals surface area contributed by atoms with Crippen molar-refractivity contribution in [2.75, 3.05) is 0 Å². The Kier molecular flexibility index (Phi) is 5.44. The van der Waals surface area contributed by atoms with Crippen LogP contribution in [-0.4, -0.2) is 28.6 Å². The summed E-state index contributed by atoms with van der Waals surface area (Å²) in [5, 5.41) is 2.72. The van der Waals surface area contributed by atoms with E-state index in [1.165, 1.54) is 0 Å². The van der Waals surface area contributed by atoms with Crippen molar-refractivity contribution in [1.82, 2.24) is 9.88 Å². The van der Waals surface area contributed by atoms with Gasteiger partial charge in [0.15, 0.2) is 6.10 Å². The van der Waals surface area contributed by atoms with Gasteiger partial charge in [-0.3, -0.25) is 4.79 Å². The van der Waals surface area contributed by atoms with E-state index in [0.29, 0.717) is 5.56 Å². The zero-order valence-electron chi connectivity index (χ0n) is 14.8. The maximum Gasteiger partial charge on any atom is 0.338 e. The fourth-order valence-corrected chi connectivity index (χ4v) is 2.51. The first-order chi connectivity index (χ1) is 11.3. The average molecular weight is 328 g/mol. The monoisotopic (exact) mass is 328 g/mol. The number of aromatic nitrogens is 1. The summed E-state index contributed by atoms with van der Waals surface area (Å²) >= 11 is 0. The normalized spacial score (nSPS) is 12.1. The molecule has 0 unspecified atom stereocenters. The highest BCUT2D eigenvalue weighted by Crippen LogP contribution is 2.17. The average Bonchev–Trinajstić information content (AvgIpc) is 2.85. The molecule has 1 aromatic carbocycles. The summed E-state index contributed by atoms with van der Waals surface area (Å²) in [6.45, 7) is 9.34. The number of rotatable bonds is 5. The van der Waals surface area contributed by atoms with E-state index in [0.717, 1.165) is 17.1 Å². The number of esters is 1. The molecule has 0 saturated heterocycles. The van der Waals surface area contributed by atoms with Crippen LogP contribution in [-0.2, 0) is 9.53 Å². The molecule has 5 nitrogen and oxygen atoms in total. The van der Waals surface area contributed by atoms with E-state index in [2.05, 4.69) is 9.88 Å². The molecule has 24 heavy (non-hydrogen) atoms. The van der Waals surface area contributed by atoms with E-state index in [-0.39, 0.29) is 11.9 Å². The summed E-state index contributed by atoms with van der Waals surface area (Å²) in [4.78, 5) is 24.0. The van der Waals surface area contributed by atoms with E-state index < -0.39 is 12.1 Å². The molecule has 2 aromatic rings. The van der Waals surface area contributed by atoms with Crippen molar-refractivity contribution in [3.63, 3.8) is 0 Å². The maximum absolute atomic E-state index is 12.2. The van der Waals surface area contributed by atoms with Crippen LogP contribution in [0.5, 0.6) is 0 Å². The summed E-state index contributed by atoms with van der Waals surface area (Å²) in [7, 11) is 0. The van der Waals surface area contributed by atoms with Gasteiger partial charge in [0.25, 0.3) is 5.91 Å². The molecule has 0 saturated carbocycles. The molecule has 0 fully saturated rings. The molecule has 2 rings (SSSR count). The van der Waals surface area contributed by atoms with Crippen molar-refractivity contribution in [3.05, 3.63) is 53.3 Å². The van der Waals surface area contributed by atoms with Gasteiger partial charge in [-0.05, 0) is 71.0 Å². The van der Waals surface area contributed by atoms with Crippen LogP contribution in [0.3, 0.4) is 0 Å². The molecule has 5 heteroatoms. The molecule has 0 aliphatic heterocycles. The topological polar surface area (TPSA) is 60.3 Å². The lowest BCUT2D eigenvalue weighted by molar-refractivity contribution is -0.129. The molecule has 0 spiro atoms. The standard InChI is InChI=1S/C19H24N2O3/c1-12(2)20-18(22)15(5)24-19(23)16-8-10-17(11-9-16)21-13(3)6-7-14(21)4/h6-12,15H,1-5H3,(H,20,22)/t15-/m0/s1. The highest BCUT2D eigenvalue weighted by molar-refractivity contribution is 5.92. The molecule has 1 amide bonds. The molecule has 1 N–H and O–H groups in total. The molecule has 1 aromatic heterocycles. The van der Waals surface area contributed by atoms with E-state index in [1.54, 1.807) is 19.1 Å². The third-order valence-electron chi connectivity index (χ3n) is 3.72. The second-order valence-electron chi connectivity index (χ2n) is 6.21. The van der Waals surface area contributed by atoms with Crippen molar-refractivity contribution in [2.24, 2.45) is 0 Å². The lowest BCUT2D eigenvalue weighted by atomic mass is 10.2. The van der Waals surface area contributed by atoms with Crippen LogP contribution in [0.4, 0.5) is 0 Å². The van der Waals surface area contributed by atoms with E-state index in [1.807, 2.05) is 52.0 Å². The first kappa shape index (κ1) is 17.8. The third-order valence-corrected chi connectivity index (χ3v) is 3.72. The van der Waals surface area contributed by atoms with Crippen LogP contribution in [0.1, 0.15) is 42.5 Å². The molecular formula is C19H24N2O3. The van der Waals surface area contributed by atoms with Crippen molar-refractivity contribution >= 4 is 11.9 Å². The summed E-state index contributed by atoms with van der Waals surface area (Å²) < 4.78 is 7.32. The summed E-state index contributed by atoms with van der Waals surface area (Å²) in [5.74, 6) is -0.803. The summed E-state index contributed by atoms with van der Waals surface area (Å²) in [6, 6.07) is 11.3. The number of ether oxygens (including phenoxy) is 1. The second kappa shape index (κ2) is 7.34. The minimum Gasteiger partial charge on any atom is -0.449 e. The summed E-state index contributed by atoms with van der Waals surface area (Å²) in [5.41, 5.74) is 3.66. The van der Waals surface area contributed by atoms with Crippen LogP contribution in [0.2, 0.25) is 0 Å². The molecule has 0 radical (unpaired) electrons. The number of carbonyl (C=O) groups is 2. The van der Waals surface area contributed by atoms with Crippen molar-refractivity contribution in [2.45, 2.75) is 46.8 Å². The Balaban J connectivity index is 2.08. The SMILES string of the molecule is Cc1ccc(C)n1-c1ccc(C(=O)O[C@@H](C)C(=O)NC(C)C)cc1. The number of hydrogen-bond acceptors (Lipinski definition) is 3. The molecule has 1 atom stereocenters. The smallest absolute Gasteiger partial charge is 0.338 e. The molecule has 0 aliphatic rings. The number of aryl methyl sites for hydroxylation is 2. The minimum absolute atomic E-state index is 0.00554. The molecular weight excluding hydrogens is 304 g/mol. The second-order valence-corrected chi connectivity index (χ2v) is 6.21. The van der Waals surface area contributed by atoms with Gasteiger partial charge in [-0.2, -0.15) is 0 Å². The van der Waals surface area contributed by atoms with Gasteiger partial charge in [0, 0.05) is 23.1 Å². The predicted octanol–water partition coefficient (Wildman–Crippen LogP) is 3.16. The fraction of sp³-hybridized carbons (Fsp3) is 0.368. The van der Waals surface area contributed by atoms with Gasteiger partial charge < -0.3 is 14.6 Å². The Bertz CT molecular complexity index is 710. The zero-order valence-corrected chi connectivity index (χ0v) is 14.8. The number of amides is 1. The molecule has 1 heterocycles. The number of nitrogens with zero attached hydrogens (tertiary/aromatic N) is 1. The lowest BCUT2D eigenvalue weighted by Crippen LogP contribution is -2.39. The van der Waals surface area contributed by atoms with Crippen LogP contribution >= 0.6 is 0 Å². The summed E-state index contributed by atoms with van der Waals surface area (Å²) in [6.07, 6.45) is -0.825. The van der Waals surface area contributed by atoms with E-state index in [9.17, 15) is 9.59 Å². The minimum atomic E-state index is -0.825. The molecule has 128 valence electrons. The largest absolute Gasteiger partial charge is 0.449 e. The first-order valence-corrected chi connectivity index (χ1v) is 8.06. The number of hydrogen-bond donors (Lipinski definition) is 1. The quantitative estimate of drug-likeness (QED) is 0.858. The Morgan fingerprint density at radius 3 is 2.00 bits per heavy atom. The highest BCUT2D eigenvalue weighted by atomic mass is 16.5. The first-order valence-electron chi connectivity index (χ1n) is 8.06. The highest BCUT2D eigenvalue weighted by Gasteiger charge is 2.19. The van der Waals surface area contributed by atoms with Gasteiger partial charge in [0.1, 0.15) is 0 Å². The zero-order chi connectivity index (χ0) is 17.9. The maximum atomic E-state index is 12.2. The Morgan fingerprint density at radius 1 is 0.958 bits per heavy atom. The van der Waals surface area contributed by atoms with Crippen molar-refractivity contribution < 1.29 is 14.3 Å². The van der Waals surface area contributed by atoms with Crippen LogP contribution in [0, 0.1) is 13.8 Å². The molecule has 0 aliphatic carbocycles. The van der Waals surface area contributed by atoms with E-state index in [4.69, 9.17) is 4.74 Å². The van der Waals surface area contributed by atoms with E-state index >= 15 is 0 Å². The predicted molar refractivity (Wildman–Crippen MR) is 93.4 cm³/mol. The van der Waals surface area contributed by atoms with Gasteiger partial charge >= 0.3 is 5.97 Å². The fourth-order valence-electron chi connectivity index (χ4n) is 2.51. The van der Waals surface area contributed by atoms with Crippen LogP contribution in [0.15, 0.2) is 36.4 Å². The van der Waals surface area contributed by atoms with Gasteiger partial charge in [-0.25, -0.2) is 4.79 Å². The number of nitrogens with one attached hydrogen (secondary N) is 1. The van der Waals surface area contributed by atoms with Gasteiger partial charge in [-0.15, -0.1) is 0 Å². The third kappa shape index (κ3) is 4.04. The Morgan fingerprint density at radius 2 is 1.50 bits per heavy atom. The van der Waals surface area contributed by atoms with Crippen molar-refractivity contribution in [1.29, 1.82) is 0 Å². The van der Waals surface area contributed by atoms with Gasteiger partial charge in [-0.1, -0.05) is 0 Å². The number of carbonyl (C=O) groups excluding carboxylic acids is 2. The van der Waals surface area contributed by atoms with Gasteiger partial charge in [0.2, 0.25) is 0 Å². The Labute approximate surface area is 142 Å². The van der Waals surface area contributed by atoms with Crippen LogP contribution < -0.4 is 5.32 Å². The van der Waals surface area contributed by atoms with Crippen LogP contribution in [0.25, 0.3) is 5.69 Å². The number of benzene rings is 1. The van der Waals surface area contributed by atoms with Crippen molar-refractivity contribution in [3.8, 4) is 5.69 Å².